The maximum absolute atomic E-state index is 11.3. The smallest absolute Gasteiger partial charge is 0.221 e. The summed E-state index contributed by atoms with van der Waals surface area (Å²) in [5, 5.41) is 6.03. The SMILES string of the molecule is COc1ccc(NC(C)=O)cc1NC(C)=Nc1c(C)ccc2c1ncn2C. The average molecular weight is 365 g/mol. The van der Waals surface area contributed by atoms with E-state index >= 15 is 0 Å². The van der Waals surface area contributed by atoms with Gasteiger partial charge >= 0.3 is 0 Å². The number of aliphatic imine (C=N–C) groups is 1. The molecule has 3 rings (SSSR count). The zero-order valence-corrected chi connectivity index (χ0v) is 16.1. The van der Waals surface area contributed by atoms with Crippen LogP contribution in [0.4, 0.5) is 17.1 Å². The largest absolute Gasteiger partial charge is 0.495 e. The van der Waals surface area contributed by atoms with Crippen LogP contribution in [0.1, 0.15) is 19.4 Å². The van der Waals surface area contributed by atoms with Crippen molar-refractivity contribution in [2.45, 2.75) is 20.8 Å². The van der Waals surface area contributed by atoms with E-state index in [9.17, 15) is 4.79 Å². The Labute approximate surface area is 158 Å². The van der Waals surface area contributed by atoms with Crippen molar-refractivity contribution in [2.75, 3.05) is 17.7 Å². The summed E-state index contributed by atoms with van der Waals surface area (Å²) in [5.41, 5.74) is 5.16. The van der Waals surface area contributed by atoms with Gasteiger partial charge in [-0.2, -0.15) is 0 Å². The van der Waals surface area contributed by atoms with Gasteiger partial charge in [-0.3, -0.25) is 4.79 Å². The maximum atomic E-state index is 11.3. The number of carbonyl (C=O) groups is 1. The Morgan fingerprint density at radius 2 is 1.96 bits per heavy atom. The van der Waals surface area contributed by atoms with Gasteiger partial charge < -0.3 is 19.9 Å². The second-order valence-corrected chi connectivity index (χ2v) is 6.37. The third kappa shape index (κ3) is 3.92. The fraction of sp³-hybridized carbons (Fsp3) is 0.250. The molecule has 2 N–H and O–H groups in total. The molecule has 0 aliphatic carbocycles. The van der Waals surface area contributed by atoms with Crippen LogP contribution in [0.15, 0.2) is 41.7 Å². The highest BCUT2D eigenvalue weighted by atomic mass is 16.5. The van der Waals surface area contributed by atoms with Crippen molar-refractivity contribution in [3.63, 3.8) is 0 Å². The van der Waals surface area contributed by atoms with Crippen molar-refractivity contribution in [2.24, 2.45) is 12.0 Å². The summed E-state index contributed by atoms with van der Waals surface area (Å²) in [5.74, 6) is 1.22. The number of hydrogen-bond donors (Lipinski definition) is 2. The highest BCUT2D eigenvalue weighted by Crippen LogP contribution is 2.31. The predicted octanol–water partition coefficient (Wildman–Crippen LogP) is 4.01. The third-order valence-electron chi connectivity index (χ3n) is 4.19. The number of ether oxygens (including phenoxy) is 1. The van der Waals surface area contributed by atoms with E-state index in [1.165, 1.54) is 6.92 Å². The van der Waals surface area contributed by atoms with E-state index < -0.39 is 0 Å². The third-order valence-corrected chi connectivity index (χ3v) is 4.19. The summed E-state index contributed by atoms with van der Waals surface area (Å²) in [7, 11) is 3.56. The number of rotatable bonds is 4. The molecular formula is C20H23N5O2. The monoisotopic (exact) mass is 365 g/mol. The number of methoxy groups -OCH3 is 1. The lowest BCUT2D eigenvalue weighted by Gasteiger charge is -2.13. The summed E-state index contributed by atoms with van der Waals surface area (Å²) in [4.78, 5) is 20.5. The van der Waals surface area contributed by atoms with Crippen LogP contribution < -0.4 is 15.4 Å². The maximum Gasteiger partial charge on any atom is 0.221 e. The Balaban J connectivity index is 1.97. The van der Waals surface area contributed by atoms with E-state index in [4.69, 9.17) is 9.73 Å². The molecule has 0 saturated heterocycles. The van der Waals surface area contributed by atoms with E-state index in [-0.39, 0.29) is 5.91 Å². The molecule has 27 heavy (non-hydrogen) atoms. The van der Waals surface area contributed by atoms with Gasteiger partial charge in [0, 0.05) is 19.7 Å². The molecule has 3 aromatic rings. The van der Waals surface area contributed by atoms with E-state index in [2.05, 4.69) is 15.6 Å². The Morgan fingerprint density at radius 3 is 2.67 bits per heavy atom. The van der Waals surface area contributed by atoms with Gasteiger partial charge in [-0.05, 0) is 43.7 Å². The summed E-state index contributed by atoms with van der Waals surface area (Å²) < 4.78 is 7.38. The van der Waals surface area contributed by atoms with Gasteiger partial charge in [-0.1, -0.05) is 6.07 Å². The van der Waals surface area contributed by atoms with Gasteiger partial charge in [0.15, 0.2) is 0 Å². The number of amidine groups is 1. The van der Waals surface area contributed by atoms with Gasteiger partial charge in [0.25, 0.3) is 0 Å². The number of hydrogen-bond acceptors (Lipinski definition) is 4. The number of amides is 1. The number of fused-ring (bicyclic) bond motifs is 1. The lowest BCUT2D eigenvalue weighted by molar-refractivity contribution is -0.114. The van der Waals surface area contributed by atoms with Crippen LogP contribution in [0, 0.1) is 6.92 Å². The van der Waals surface area contributed by atoms with Crippen LogP contribution in [-0.4, -0.2) is 28.4 Å². The predicted molar refractivity (Wildman–Crippen MR) is 109 cm³/mol. The first-order valence-corrected chi connectivity index (χ1v) is 8.57. The lowest BCUT2D eigenvalue weighted by Crippen LogP contribution is -2.10. The van der Waals surface area contributed by atoms with E-state index in [1.54, 1.807) is 25.6 Å². The van der Waals surface area contributed by atoms with Gasteiger partial charge in [-0.15, -0.1) is 0 Å². The number of aromatic nitrogens is 2. The molecule has 140 valence electrons. The molecule has 0 radical (unpaired) electrons. The molecule has 0 saturated carbocycles. The van der Waals surface area contributed by atoms with Gasteiger partial charge in [0.05, 0.1) is 30.3 Å². The summed E-state index contributed by atoms with van der Waals surface area (Å²) in [6.45, 7) is 5.37. The number of anilines is 2. The first kappa shape index (κ1) is 18.4. The highest BCUT2D eigenvalue weighted by molar-refractivity contribution is 6.00. The molecule has 2 aromatic carbocycles. The van der Waals surface area contributed by atoms with Crippen molar-refractivity contribution < 1.29 is 9.53 Å². The fourth-order valence-corrected chi connectivity index (χ4v) is 2.91. The topological polar surface area (TPSA) is 80.5 Å². The van der Waals surface area contributed by atoms with Crippen LogP contribution in [-0.2, 0) is 11.8 Å². The second kappa shape index (κ2) is 7.49. The fourth-order valence-electron chi connectivity index (χ4n) is 2.91. The molecule has 0 atom stereocenters. The van der Waals surface area contributed by atoms with Crippen LogP contribution >= 0.6 is 0 Å². The molecule has 1 amide bonds. The van der Waals surface area contributed by atoms with Crippen LogP contribution in [0.2, 0.25) is 0 Å². The van der Waals surface area contributed by atoms with Crippen LogP contribution in [0.3, 0.4) is 0 Å². The number of aryl methyl sites for hydroxylation is 2. The van der Waals surface area contributed by atoms with E-state index in [0.29, 0.717) is 17.3 Å². The van der Waals surface area contributed by atoms with Crippen molar-refractivity contribution in [1.29, 1.82) is 0 Å². The van der Waals surface area contributed by atoms with Crippen molar-refractivity contribution in [3.05, 3.63) is 42.2 Å². The molecule has 0 aliphatic rings. The molecule has 7 nitrogen and oxygen atoms in total. The molecule has 0 aliphatic heterocycles. The van der Waals surface area contributed by atoms with Gasteiger partial charge in [0.2, 0.25) is 5.91 Å². The molecule has 0 spiro atoms. The van der Waals surface area contributed by atoms with Gasteiger partial charge in [0.1, 0.15) is 17.1 Å². The van der Waals surface area contributed by atoms with Crippen molar-refractivity contribution in [1.82, 2.24) is 9.55 Å². The summed E-state index contributed by atoms with van der Waals surface area (Å²) in [6, 6.07) is 9.48. The lowest BCUT2D eigenvalue weighted by atomic mass is 10.1. The van der Waals surface area contributed by atoms with Gasteiger partial charge in [-0.25, -0.2) is 9.98 Å². The first-order valence-electron chi connectivity index (χ1n) is 8.57. The highest BCUT2D eigenvalue weighted by Gasteiger charge is 2.10. The quantitative estimate of drug-likeness (QED) is 0.541. The number of nitrogens with zero attached hydrogens (tertiary/aromatic N) is 3. The minimum absolute atomic E-state index is 0.131. The Morgan fingerprint density at radius 1 is 1.19 bits per heavy atom. The number of nitrogens with one attached hydrogen (secondary N) is 2. The normalized spacial score (nSPS) is 11.5. The van der Waals surface area contributed by atoms with Crippen molar-refractivity contribution in [3.8, 4) is 5.75 Å². The zero-order chi connectivity index (χ0) is 19.6. The molecular weight excluding hydrogens is 342 g/mol. The number of benzene rings is 2. The summed E-state index contributed by atoms with van der Waals surface area (Å²) >= 11 is 0. The minimum atomic E-state index is -0.131. The average Bonchev–Trinajstić information content (AvgIpc) is 2.98. The number of imidazole rings is 1. The molecule has 0 fully saturated rings. The second-order valence-electron chi connectivity index (χ2n) is 6.37. The molecule has 7 heteroatoms. The van der Waals surface area contributed by atoms with E-state index in [1.807, 2.05) is 43.7 Å². The molecule has 0 unspecified atom stereocenters. The number of carbonyl (C=O) groups excluding carboxylic acids is 1. The minimum Gasteiger partial charge on any atom is -0.495 e. The Bertz CT molecular complexity index is 1040. The van der Waals surface area contributed by atoms with Crippen LogP contribution in [0.25, 0.3) is 11.0 Å². The summed E-state index contributed by atoms with van der Waals surface area (Å²) in [6.07, 6.45) is 1.78. The first-order chi connectivity index (χ1) is 12.9. The standard InChI is InChI=1S/C20H23N5O2/c1-12-6-8-17-20(21-11-25(17)4)19(12)23-13(2)22-16-10-15(24-14(3)26)7-9-18(16)27-5/h6-11H,1-5H3,(H,22,23)(H,24,26). The van der Waals surface area contributed by atoms with E-state index in [0.717, 1.165) is 28.0 Å². The molecule has 0 bridgehead atoms. The Hall–Kier alpha value is -3.35. The molecule has 1 heterocycles. The molecule has 1 aromatic heterocycles. The zero-order valence-electron chi connectivity index (χ0n) is 16.1. The van der Waals surface area contributed by atoms with Crippen LogP contribution in [0.5, 0.6) is 5.75 Å². The van der Waals surface area contributed by atoms with Crippen molar-refractivity contribution >= 4 is 39.8 Å². The Kier molecular flexibility index (Phi) is 5.12.